The number of nitrogens with one attached hydrogen (secondary N) is 2. The average molecular weight is 317 g/mol. The number of rotatable bonds is 4. The number of carboxylic acids is 1. The van der Waals surface area contributed by atoms with Crippen LogP contribution in [0.25, 0.3) is 0 Å². The highest BCUT2D eigenvalue weighted by Crippen LogP contribution is 2.22. The molecule has 0 fully saturated rings. The average Bonchev–Trinajstić information content (AvgIpc) is 2.85. The lowest BCUT2D eigenvalue weighted by Gasteiger charge is -2.09. The molecule has 0 radical (unpaired) electrons. The van der Waals surface area contributed by atoms with Crippen molar-refractivity contribution in [1.82, 2.24) is 10.2 Å². The van der Waals surface area contributed by atoms with Crippen LogP contribution in [0.3, 0.4) is 0 Å². The van der Waals surface area contributed by atoms with Crippen LogP contribution in [0.15, 0.2) is 23.4 Å². The molecule has 0 spiro atoms. The lowest BCUT2D eigenvalue weighted by Crippen LogP contribution is -2.17. The predicted molar refractivity (Wildman–Crippen MR) is 67.5 cm³/mol. The second-order valence-corrected chi connectivity index (χ2v) is 5.72. The summed E-state index contributed by atoms with van der Waals surface area (Å²) in [5.41, 5.74) is -1.25. The fraction of sp³-hybridized carbons (Fsp3) is 0.0909. The van der Waals surface area contributed by atoms with Gasteiger partial charge < -0.3 is 5.11 Å². The minimum atomic E-state index is -4.45. The minimum Gasteiger partial charge on any atom is -0.478 e. The van der Waals surface area contributed by atoms with E-state index >= 15 is 0 Å². The molecule has 0 aliphatic carbocycles. The maximum atomic E-state index is 13.6. The molecule has 2 aromatic rings. The van der Waals surface area contributed by atoms with Crippen LogP contribution in [-0.4, -0.2) is 29.7 Å². The Morgan fingerprint density at radius 3 is 2.62 bits per heavy atom. The van der Waals surface area contributed by atoms with Crippen molar-refractivity contribution in [3.8, 4) is 0 Å². The SMILES string of the molecule is Cc1cc(F)c(NS(=O)(=O)c2[nH]ncc2C(=O)O)cc1F. The number of aryl methyl sites for hydroxylation is 1. The number of carboxylic acid groups (broad SMARTS) is 1. The van der Waals surface area contributed by atoms with Gasteiger partial charge in [-0.25, -0.2) is 13.6 Å². The molecule has 10 heteroatoms. The van der Waals surface area contributed by atoms with Crippen LogP contribution in [0, 0.1) is 18.6 Å². The van der Waals surface area contributed by atoms with Crippen molar-refractivity contribution in [1.29, 1.82) is 0 Å². The maximum Gasteiger partial charge on any atom is 0.340 e. The number of halogens is 2. The van der Waals surface area contributed by atoms with Crippen LogP contribution < -0.4 is 4.72 Å². The lowest BCUT2D eigenvalue weighted by molar-refractivity contribution is 0.0692. The first-order chi connectivity index (χ1) is 9.72. The standard InChI is InChI=1S/C11H9F2N3O4S/c1-5-2-8(13)9(3-7(5)12)16-21(19,20)10-6(11(17)18)4-14-15-10/h2-4,16H,1H3,(H,14,15)(H,17,18). The Balaban J connectivity index is 2.45. The first kappa shape index (κ1) is 14.9. The van der Waals surface area contributed by atoms with Crippen molar-refractivity contribution < 1.29 is 27.1 Å². The number of aromatic carboxylic acids is 1. The summed E-state index contributed by atoms with van der Waals surface area (Å²) in [6.45, 7) is 1.31. The largest absolute Gasteiger partial charge is 0.478 e. The number of hydrogen-bond acceptors (Lipinski definition) is 4. The zero-order valence-corrected chi connectivity index (χ0v) is 11.3. The summed E-state index contributed by atoms with van der Waals surface area (Å²) in [5, 5.41) is 13.4. The summed E-state index contributed by atoms with van der Waals surface area (Å²) in [6.07, 6.45) is 0.795. The summed E-state index contributed by atoms with van der Waals surface area (Å²) >= 11 is 0. The Bertz CT molecular complexity index is 817. The zero-order chi connectivity index (χ0) is 15.8. The third kappa shape index (κ3) is 2.84. The van der Waals surface area contributed by atoms with Crippen molar-refractivity contribution in [3.63, 3.8) is 0 Å². The highest BCUT2D eigenvalue weighted by molar-refractivity contribution is 7.92. The summed E-state index contributed by atoms with van der Waals surface area (Å²) < 4.78 is 52.8. The number of anilines is 1. The molecule has 3 N–H and O–H groups in total. The third-order valence-corrected chi connectivity index (χ3v) is 3.93. The van der Waals surface area contributed by atoms with Crippen molar-refractivity contribution in [2.75, 3.05) is 4.72 Å². The number of aromatic nitrogens is 2. The first-order valence-corrected chi connectivity index (χ1v) is 6.96. The van der Waals surface area contributed by atoms with Crippen LogP contribution >= 0.6 is 0 Å². The van der Waals surface area contributed by atoms with Gasteiger partial charge in [-0.15, -0.1) is 0 Å². The van der Waals surface area contributed by atoms with Crippen LogP contribution in [0.5, 0.6) is 0 Å². The molecule has 1 aromatic carbocycles. The van der Waals surface area contributed by atoms with E-state index in [1.165, 1.54) is 6.92 Å². The molecule has 0 aliphatic heterocycles. The Morgan fingerprint density at radius 1 is 1.33 bits per heavy atom. The van der Waals surface area contributed by atoms with E-state index in [0.717, 1.165) is 12.3 Å². The molecular weight excluding hydrogens is 308 g/mol. The van der Waals surface area contributed by atoms with Crippen LogP contribution in [-0.2, 0) is 10.0 Å². The fourth-order valence-electron chi connectivity index (χ4n) is 1.55. The zero-order valence-electron chi connectivity index (χ0n) is 10.5. The number of carbonyl (C=O) groups is 1. The number of H-pyrrole nitrogens is 1. The summed E-state index contributed by atoms with van der Waals surface area (Å²) in [7, 11) is -4.45. The molecule has 1 aromatic heterocycles. The van der Waals surface area contributed by atoms with Gasteiger partial charge in [-0.2, -0.15) is 13.5 Å². The van der Waals surface area contributed by atoms with E-state index in [0.29, 0.717) is 6.07 Å². The van der Waals surface area contributed by atoms with E-state index in [1.54, 1.807) is 4.72 Å². The number of aromatic amines is 1. The predicted octanol–water partition coefficient (Wildman–Crippen LogP) is 1.50. The van der Waals surface area contributed by atoms with Gasteiger partial charge in [0.2, 0.25) is 0 Å². The highest BCUT2D eigenvalue weighted by atomic mass is 32.2. The van der Waals surface area contributed by atoms with Gasteiger partial charge in [-0.3, -0.25) is 9.82 Å². The van der Waals surface area contributed by atoms with Crippen molar-refractivity contribution in [2.45, 2.75) is 11.9 Å². The molecule has 0 amide bonds. The van der Waals surface area contributed by atoms with E-state index < -0.39 is 43.9 Å². The summed E-state index contributed by atoms with van der Waals surface area (Å²) in [5.74, 6) is -3.33. The van der Waals surface area contributed by atoms with Gasteiger partial charge in [0, 0.05) is 6.07 Å². The fourth-order valence-corrected chi connectivity index (χ4v) is 2.70. The quantitative estimate of drug-likeness (QED) is 0.791. The van der Waals surface area contributed by atoms with E-state index in [1.807, 2.05) is 5.10 Å². The Morgan fingerprint density at radius 2 is 2.00 bits per heavy atom. The van der Waals surface area contributed by atoms with Crippen molar-refractivity contribution in [2.24, 2.45) is 0 Å². The number of nitrogens with zero attached hydrogens (tertiary/aromatic N) is 1. The van der Waals surface area contributed by atoms with E-state index in [9.17, 15) is 22.0 Å². The molecule has 7 nitrogen and oxygen atoms in total. The Kier molecular flexibility index (Phi) is 3.64. The molecule has 0 unspecified atom stereocenters. The second kappa shape index (κ2) is 5.13. The Labute approximate surface area is 117 Å². The summed E-state index contributed by atoms with van der Waals surface area (Å²) in [4.78, 5) is 10.9. The van der Waals surface area contributed by atoms with E-state index in [-0.39, 0.29) is 5.56 Å². The second-order valence-electron chi connectivity index (χ2n) is 4.10. The Hall–Kier alpha value is -2.49. The highest BCUT2D eigenvalue weighted by Gasteiger charge is 2.26. The molecule has 112 valence electrons. The van der Waals surface area contributed by atoms with E-state index in [4.69, 9.17) is 5.11 Å². The van der Waals surface area contributed by atoms with Gasteiger partial charge in [0.15, 0.2) is 5.03 Å². The molecule has 2 rings (SSSR count). The topological polar surface area (TPSA) is 112 Å². The molecule has 0 bridgehead atoms. The van der Waals surface area contributed by atoms with Gasteiger partial charge >= 0.3 is 5.97 Å². The van der Waals surface area contributed by atoms with Gasteiger partial charge in [0.25, 0.3) is 10.0 Å². The molecular formula is C11H9F2N3O4S. The summed E-state index contributed by atoms with van der Waals surface area (Å²) in [6, 6.07) is 1.48. The smallest absolute Gasteiger partial charge is 0.340 e. The molecule has 0 saturated heterocycles. The number of benzene rings is 1. The monoisotopic (exact) mass is 317 g/mol. The normalized spacial score (nSPS) is 11.4. The number of hydrogen-bond donors (Lipinski definition) is 3. The molecule has 0 atom stereocenters. The van der Waals surface area contributed by atoms with Crippen molar-refractivity contribution in [3.05, 3.63) is 41.1 Å². The van der Waals surface area contributed by atoms with Gasteiger partial charge in [0.05, 0.1) is 11.9 Å². The van der Waals surface area contributed by atoms with Gasteiger partial charge in [-0.1, -0.05) is 0 Å². The first-order valence-electron chi connectivity index (χ1n) is 5.47. The van der Waals surface area contributed by atoms with E-state index in [2.05, 4.69) is 5.10 Å². The molecule has 21 heavy (non-hydrogen) atoms. The third-order valence-electron chi connectivity index (χ3n) is 2.60. The lowest BCUT2D eigenvalue weighted by atomic mass is 10.2. The molecule has 0 aliphatic rings. The number of sulfonamides is 1. The molecule has 0 saturated carbocycles. The van der Waals surface area contributed by atoms with Crippen LogP contribution in [0.1, 0.15) is 15.9 Å². The van der Waals surface area contributed by atoms with Crippen LogP contribution in [0.4, 0.5) is 14.5 Å². The minimum absolute atomic E-state index is 0.00298. The van der Waals surface area contributed by atoms with Gasteiger partial charge in [-0.05, 0) is 18.6 Å². The van der Waals surface area contributed by atoms with Crippen LogP contribution in [0.2, 0.25) is 0 Å². The van der Waals surface area contributed by atoms with Gasteiger partial charge in [0.1, 0.15) is 17.2 Å². The van der Waals surface area contributed by atoms with Crippen molar-refractivity contribution >= 4 is 21.7 Å². The maximum absolute atomic E-state index is 13.6. The molecule has 1 heterocycles.